The van der Waals surface area contributed by atoms with Gasteiger partial charge in [0.1, 0.15) is 5.82 Å². The minimum atomic E-state index is -0.350. The molecule has 0 radical (unpaired) electrons. The Kier molecular flexibility index (Phi) is 5.64. The van der Waals surface area contributed by atoms with Crippen LogP contribution in [0, 0.1) is 17.7 Å². The number of fused-ring (bicyclic) bond motifs is 1. The van der Waals surface area contributed by atoms with Crippen LogP contribution in [0.1, 0.15) is 22.4 Å². The smallest absolute Gasteiger partial charge is 0.300 e. The maximum Gasteiger partial charge on any atom is 0.331 e. The standard InChI is InChI=1S/C24H22FN3O2/c1-26-22-13-15-27(14-5-8-18-6-3-2-4-7-18)17-21(22)23(29)28(24(26)30)16-19-9-11-20(25)12-10-19/h2-4,6-7,9-12H,13-17H2,1H3. The molecule has 0 fully saturated rings. The molecule has 152 valence electrons. The van der Waals surface area contributed by atoms with Crippen molar-refractivity contribution in [3.63, 3.8) is 0 Å². The Morgan fingerprint density at radius 1 is 1.03 bits per heavy atom. The highest BCUT2D eigenvalue weighted by Gasteiger charge is 2.23. The molecule has 0 N–H and O–H groups in total. The van der Waals surface area contributed by atoms with Crippen molar-refractivity contribution >= 4 is 0 Å². The SMILES string of the molecule is Cn1c2c(c(=O)n(Cc3ccc(F)cc3)c1=O)CN(CC#Cc1ccccc1)CC2. The number of benzene rings is 2. The van der Waals surface area contributed by atoms with E-state index >= 15 is 0 Å². The monoisotopic (exact) mass is 403 g/mol. The number of halogens is 1. The molecule has 1 aliphatic rings. The van der Waals surface area contributed by atoms with Gasteiger partial charge < -0.3 is 4.57 Å². The van der Waals surface area contributed by atoms with Crippen LogP contribution in [0.2, 0.25) is 0 Å². The minimum Gasteiger partial charge on any atom is -0.300 e. The van der Waals surface area contributed by atoms with E-state index in [1.54, 1.807) is 23.7 Å². The molecule has 2 aromatic carbocycles. The van der Waals surface area contributed by atoms with Gasteiger partial charge >= 0.3 is 5.69 Å². The number of nitrogens with zero attached hydrogens (tertiary/aromatic N) is 3. The number of aromatic nitrogens is 2. The Labute approximate surface area is 174 Å². The summed E-state index contributed by atoms with van der Waals surface area (Å²) in [6.07, 6.45) is 0.626. The summed E-state index contributed by atoms with van der Waals surface area (Å²) in [7, 11) is 1.70. The molecular formula is C24H22FN3O2. The molecule has 0 saturated heterocycles. The molecular weight excluding hydrogens is 381 g/mol. The molecule has 0 aliphatic carbocycles. The van der Waals surface area contributed by atoms with Gasteiger partial charge in [-0.3, -0.25) is 14.3 Å². The fraction of sp³-hybridized carbons (Fsp3) is 0.250. The zero-order chi connectivity index (χ0) is 21.1. The van der Waals surface area contributed by atoms with Gasteiger partial charge in [0, 0.05) is 37.8 Å². The molecule has 2 heterocycles. The van der Waals surface area contributed by atoms with Crippen LogP contribution in [0.5, 0.6) is 0 Å². The normalized spacial score (nSPS) is 13.4. The van der Waals surface area contributed by atoms with E-state index in [1.165, 1.54) is 16.7 Å². The van der Waals surface area contributed by atoms with Gasteiger partial charge in [0.25, 0.3) is 5.56 Å². The van der Waals surface area contributed by atoms with Crippen molar-refractivity contribution < 1.29 is 4.39 Å². The van der Waals surface area contributed by atoms with Crippen LogP contribution in [0.15, 0.2) is 64.2 Å². The quantitative estimate of drug-likeness (QED) is 0.630. The molecule has 0 unspecified atom stereocenters. The Balaban J connectivity index is 1.59. The van der Waals surface area contributed by atoms with Crippen molar-refractivity contribution in [3.8, 4) is 11.8 Å². The minimum absolute atomic E-state index is 0.118. The lowest BCUT2D eigenvalue weighted by atomic mass is 10.1. The second-order valence-electron chi connectivity index (χ2n) is 7.41. The molecule has 5 nitrogen and oxygen atoms in total. The summed E-state index contributed by atoms with van der Waals surface area (Å²) in [5.41, 5.74) is 2.45. The van der Waals surface area contributed by atoms with Gasteiger partial charge in [-0.25, -0.2) is 9.18 Å². The second kappa shape index (κ2) is 8.52. The first-order valence-electron chi connectivity index (χ1n) is 9.85. The Morgan fingerprint density at radius 2 is 1.77 bits per heavy atom. The van der Waals surface area contributed by atoms with Gasteiger partial charge in [0.2, 0.25) is 0 Å². The van der Waals surface area contributed by atoms with Crippen molar-refractivity contribution in [1.29, 1.82) is 0 Å². The van der Waals surface area contributed by atoms with Crippen LogP contribution in [0.25, 0.3) is 0 Å². The van der Waals surface area contributed by atoms with E-state index in [-0.39, 0.29) is 23.6 Å². The van der Waals surface area contributed by atoms with Gasteiger partial charge in [0.15, 0.2) is 0 Å². The molecule has 0 amide bonds. The molecule has 1 aliphatic heterocycles. The van der Waals surface area contributed by atoms with E-state index in [4.69, 9.17) is 0 Å². The van der Waals surface area contributed by atoms with Gasteiger partial charge in [-0.2, -0.15) is 0 Å². The van der Waals surface area contributed by atoms with Crippen LogP contribution < -0.4 is 11.2 Å². The maximum absolute atomic E-state index is 13.2. The third-order valence-corrected chi connectivity index (χ3v) is 5.38. The van der Waals surface area contributed by atoms with Crippen LogP contribution >= 0.6 is 0 Å². The zero-order valence-corrected chi connectivity index (χ0v) is 16.8. The molecule has 4 rings (SSSR count). The Hall–Kier alpha value is -3.43. The van der Waals surface area contributed by atoms with Gasteiger partial charge in [0.05, 0.1) is 18.7 Å². The third-order valence-electron chi connectivity index (χ3n) is 5.38. The Morgan fingerprint density at radius 3 is 2.50 bits per heavy atom. The van der Waals surface area contributed by atoms with Gasteiger partial charge in [-0.1, -0.05) is 42.2 Å². The summed E-state index contributed by atoms with van der Waals surface area (Å²) in [5, 5.41) is 0. The lowest BCUT2D eigenvalue weighted by Gasteiger charge is -2.28. The largest absolute Gasteiger partial charge is 0.331 e. The molecule has 3 aromatic rings. The highest BCUT2D eigenvalue weighted by molar-refractivity contribution is 5.34. The summed E-state index contributed by atoms with van der Waals surface area (Å²) in [6.45, 7) is 1.86. The topological polar surface area (TPSA) is 47.2 Å². The van der Waals surface area contributed by atoms with Crippen LogP contribution in [0.4, 0.5) is 4.39 Å². The predicted molar refractivity (Wildman–Crippen MR) is 114 cm³/mol. The van der Waals surface area contributed by atoms with E-state index in [0.29, 0.717) is 30.6 Å². The summed E-state index contributed by atoms with van der Waals surface area (Å²) in [5.74, 6) is 5.96. The lowest BCUT2D eigenvalue weighted by Crippen LogP contribution is -2.47. The van der Waals surface area contributed by atoms with Gasteiger partial charge in [-0.05, 0) is 29.8 Å². The van der Waals surface area contributed by atoms with Crippen LogP contribution in [0.3, 0.4) is 0 Å². The van der Waals surface area contributed by atoms with Crippen molar-refractivity contribution in [2.24, 2.45) is 7.05 Å². The Bertz CT molecular complexity index is 1230. The third kappa shape index (κ3) is 4.12. The molecule has 0 spiro atoms. The summed E-state index contributed by atoms with van der Waals surface area (Å²) < 4.78 is 16.0. The van der Waals surface area contributed by atoms with Gasteiger partial charge in [-0.15, -0.1) is 0 Å². The summed E-state index contributed by atoms with van der Waals surface area (Å²) >= 11 is 0. The summed E-state index contributed by atoms with van der Waals surface area (Å²) in [6, 6.07) is 15.6. The van der Waals surface area contributed by atoms with Crippen molar-refractivity contribution in [2.75, 3.05) is 13.1 Å². The molecule has 0 atom stereocenters. The highest BCUT2D eigenvalue weighted by atomic mass is 19.1. The van der Waals surface area contributed by atoms with Crippen molar-refractivity contribution in [3.05, 3.63) is 104 Å². The van der Waals surface area contributed by atoms with E-state index in [0.717, 1.165) is 17.8 Å². The average Bonchev–Trinajstić information content (AvgIpc) is 2.77. The fourth-order valence-corrected chi connectivity index (χ4v) is 3.74. The molecule has 1 aromatic heterocycles. The van der Waals surface area contributed by atoms with E-state index in [2.05, 4.69) is 16.7 Å². The van der Waals surface area contributed by atoms with Crippen LogP contribution in [-0.2, 0) is 26.6 Å². The lowest BCUT2D eigenvalue weighted by molar-refractivity contribution is 0.275. The van der Waals surface area contributed by atoms with E-state index in [1.807, 2.05) is 30.3 Å². The van der Waals surface area contributed by atoms with E-state index in [9.17, 15) is 14.0 Å². The second-order valence-corrected chi connectivity index (χ2v) is 7.41. The fourth-order valence-electron chi connectivity index (χ4n) is 3.74. The molecule has 0 bridgehead atoms. The highest BCUT2D eigenvalue weighted by Crippen LogP contribution is 2.14. The van der Waals surface area contributed by atoms with Crippen molar-refractivity contribution in [2.45, 2.75) is 19.5 Å². The summed E-state index contributed by atoms with van der Waals surface area (Å²) in [4.78, 5) is 28.0. The molecule has 6 heteroatoms. The maximum atomic E-state index is 13.2. The molecule has 0 saturated carbocycles. The number of rotatable bonds is 3. The first-order valence-corrected chi connectivity index (χ1v) is 9.85. The first-order chi connectivity index (χ1) is 14.5. The number of hydrogen-bond donors (Lipinski definition) is 0. The zero-order valence-electron chi connectivity index (χ0n) is 16.8. The van der Waals surface area contributed by atoms with E-state index < -0.39 is 0 Å². The predicted octanol–water partition coefficient (Wildman–Crippen LogP) is 2.14. The number of hydrogen-bond acceptors (Lipinski definition) is 3. The van der Waals surface area contributed by atoms with Crippen molar-refractivity contribution in [1.82, 2.24) is 14.0 Å². The average molecular weight is 403 g/mol. The first kappa shape index (κ1) is 19.9. The molecule has 30 heavy (non-hydrogen) atoms. The van der Waals surface area contributed by atoms with Crippen LogP contribution in [-0.4, -0.2) is 27.1 Å².